The van der Waals surface area contributed by atoms with Crippen molar-refractivity contribution < 1.29 is 14.7 Å². The van der Waals surface area contributed by atoms with Crippen LogP contribution in [0.25, 0.3) is 10.9 Å². The van der Waals surface area contributed by atoms with Gasteiger partial charge >= 0.3 is 5.97 Å². The quantitative estimate of drug-likeness (QED) is 0.893. The number of likely N-dealkylation sites (tertiary alicyclic amines) is 1. The number of benzene rings is 1. The molecular weight excluding hydrogens is 280 g/mol. The zero-order chi connectivity index (χ0) is 14.3. The second-order valence-corrected chi connectivity index (χ2v) is 5.35. The molecule has 6 heteroatoms. The first-order valence-electron chi connectivity index (χ1n) is 6.38. The normalized spacial score (nSPS) is 18.6. The van der Waals surface area contributed by atoms with Crippen molar-refractivity contribution in [2.24, 2.45) is 0 Å². The topological polar surface area (TPSA) is 73.4 Å². The molecule has 2 aromatic rings. The number of carbonyl (C=O) groups is 2. The number of nitrogens with one attached hydrogen (secondary N) is 1. The van der Waals surface area contributed by atoms with Crippen LogP contribution in [-0.4, -0.2) is 39.5 Å². The van der Waals surface area contributed by atoms with Crippen molar-refractivity contribution in [2.45, 2.75) is 18.9 Å². The van der Waals surface area contributed by atoms with Gasteiger partial charge in [0.15, 0.2) is 0 Å². The number of carbonyl (C=O) groups excluding carboxylic acids is 1. The van der Waals surface area contributed by atoms with Crippen molar-refractivity contribution in [2.75, 3.05) is 6.54 Å². The highest BCUT2D eigenvalue weighted by molar-refractivity contribution is 6.31. The number of rotatable bonds is 2. The molecule has 1 aliphatic heterocycles. The lowest BCUT2D eigenvalue weighted by Gasteiger charge is -2.20. The molecule has 0 radical (unpaired) electrons. The molecule has 5 nitrogen and oxygen atoms in total. The number of carboxylic acids is 1. The van der Waals surface area contributed by atoms with Crippen LogP contribution in [0.15, 0.2) is 24.3 Å². The molecule has 3 rings (SSSR count). The first-order valence-corrected chi connectivity index (χ1v) is 6.76. The fraction of sp³-hybridized carbons (Fsp3) is 0.286. The number of halogens is 1. The summed E-state index contributed by atoms with van der Waals surface area (Å²) in [7, 11) is 0. The van der Waals surface area contributed by atoms with Crippen molar-refractivity contribution in [3.05, 3.63) is 35.0 Å². The maximum Gasteiger partial charge on any atom is 0.326 e. The van der Waals surface area contributed by atoms with Crippen LogP contribution in [0, 0.1) is 0 Å². The van der Waals surface area contributed by atoms with Crippen LogP contribution in [0.1, 0.15) is 23.3 Å². The third-order valence-electron chi connectivity index (χ3n) is 3.61. The van der Waals surface area contributed by atoms with Crippen LogP contribution in [-0.2, 0) is 4.79 Å². The number of aliphatic carboxylic acids is 1. The molecule has 0 bridgehead atoms. The lowest BCUT2D eigenvalue weighted by Crippen LogP contribution is -2.40. The molecular formula is C14H13ClN2O3. The van der Waals surface area contributed by atoms with Crippen LogP contribution >= 0.6 is 11.6 Å². The van der Waals surface area contributed by atoms with Crippen molar-refractivity contribution in [1.82, 2.24) is 9.88 Å². The Morgan fingerprint density at radius 3 is 2.90 bits per heavy atom. The van der Waals surface area contributed by atoms with E-state index in [1.165, 1.54) is 4.90 Å². The van der Waals surface area contributed by atoms with Gasteiger partial charge in [0.25, 0.3) is 5.91 Å². The van der Waals surface area contributed by atoms with Gasteiger partial charge in [-0.15, -0.1) is 0 Å². The summed E-state index contributed by atoms with van der Waals surface area (Å²) in [6.07, 6.45) is 1.22. The summed E-state index contributed by atoms with van der Waals surface area (Å²) in [4.78, 5) is 28.0. The Kier molecular flexibility index (Phi) is 3.14. The van der Waals surface area contributed by atoms with Gasteiger partial charge in [0.05, 0.1) is 0 Å². The van der Waals surface area contributed by atoms with Crippen molar-refractivity contribution in [1.29, 1.82) is 0 Å². The zero-order valence-electron chi connectivity index (χ0n) is 10.6. The molecule has 0 spiro atoms. The fourth-order valence-corrected chi connectivity index (χ4v) is 2.81. The van der Waals surface area contributed by atoms with Gasteiger partial charge in [-0.25, -0.2) is 4.79 Å². The molecule has 1 atom stereocenters. The van der Waals surface area contributed by atoms with E-state index >= 15 is 0 Å². The highest BCUT2D eigenvalue weighted by Gasteiger charge is 2.34. The van der Waals surface area contributed by atoms with Crippen molar-refractivity contribution >= 4 is 34.4 Å². The number of hydrogen-bond donors (Lipinski definition) is 2. The van der Waals surface area contributed by atoms with E-state index in [0.717, 1.165) is 17.3 Å². The zero-order valence-corrected chi connectivity index (χ0v) is 11.4. The van der Waals surface area contributed by atoms with E-state index in [0.29, 0.717) is 23.7 Å². The molecule has 2 heterocycles. The predicted octanol–water partition coefficient (Wildman–Crippen LogP) is 2.51. The number of aromatic nitrogens is 1. The largest absolute Gasteiger partial charge is 0.480 e. The first kappa shape index (κ1) is 13.0. The lowest BCUT2D eigenvalue weighted by molar-refractivity contribution is -0.141. The Morgan fingerprint density at radius 1 is 1.35 bits per heavy atom. The van der Waals surface area contributed by atoms with Crippen LogP contribution in [0.4, 0.5) is 0 Å². The van der Waals surface area contributed by atoms with E-state index in [9.17, 15) is 9.59 Å². The summed E-state index contributed by atoms with van der Waals surface area (Å²) in [6.45, 7) is 0.478. The second kappa shape index (κ2) is 4.83. The molecule has 1 amide bonds. The molecule has 0 aliphatic carbocycles. The van der Waals surface area contributed by atoms with Gasteiger partial charge in [-0.3, -0.25) is 4.79 Å². The van der Waals surface area contributed by atoms with E-state index in [-0.39, 0.29) is 5.91 Å². The number of fused-ring (bicyclic) bond motifs is 1. The van der Waals surface area contributed by atoms with Gasteiger partial charge in [0.2, 0.25) is 0 Å². The summed E-state index contributed by atoms with van der Waals surface area (Å²) >= 11 is 5.91. The average Bonchev–Trinajstić information content (AvgIpc) is 3.03. The summed E-state index contributed by atoms with van der Waals surface area (Å²) < 4.78 is 0. The van der Waals surface area contributed by atoms with Crippen LogP contribution < -0.4 is 0 Å². The maximum atomic E-state index is 12.4. The number of H-pyrrole nitrogens is 1. The molecule has 1 aromatic heterocycles. The Bertz CT molecular complexity index is 695. The minimum Gasteiger partial charge on any atom is -0.480 e. The van der Waals surface area contributed by atoms with Crippen LogP contribution in [0.2, 0.25) is 5.02 Å². The number of carboxylic acid groups (broad SMARTS) is 1. The van der Waals surface area contributed by atoms with Gasteiger partial charge in [0.1, 0.15) is 11.7 Å². The van der Waals surface area contributed by atoms with Gasteiger partial charge in [-0.2, -0.15) is 0 Å². The molecule has 1 aromatic carbocycles. The molecule has 104 valence electrons. The van der Waals surface area contributed by atoms with E-state index < -0.39 is 12.0 Å². The third-order valence-corrected chi connectivity index (χ3v) is 3.85. The Morgan fingerprint density at radius 2 is 2.15 bits per heavy atom. The van der Waals surface area contributed by atoms with Gasteiger partial charge < -0.3 is 15.0 Å². The Labute approximate surface area is 120 Å². The molecule has 20 heavy (non-hydrogen) atoms. The first-order chi connectivity index (χ1) is 9.56. The highest BCUT2D eigenvalue weighted by Crippen LogP contribution is 2.24. The monoisotopic (exact) mass is 292 g/mol. The van der Waals surface area contributed by atoms with E-state index in [2.05, 4.69) is 4.98 Å². The molecule has 0 saturated carbocycles. The minimum atomic E-state index is -0.949. The molecule has 1 aliphatic rings. The Hall–Kier alpha value is -2.01. The average molecular weight is 293 g/mol. The predicted molar refractivity (Wildman–Crippen MR) is 75.0 cm³/mol. The van der Waals surface area contributed by atoms with Gasteiger partial charge in [0, 0.05) is 22.5 Å². The number of amides is 1. The maximum absolute atomic E-state index is 12.4. The van der Waals surface area contributed by atoms with Crippen LogP contribution in [0.3, 0.4) is 0 Å². The molecule has 1 unspecified atom stereocenters. The summed E-state index contributed by atoms with van der Waals surface area (Å²) in [5, 5.41) is 10.6. The van der Waals surface area contributed by atoms with E-state index in [1.807, 2.05) is 6.07 Å². The summed E-state index contributed by atoms with van der Waals surface area (Å²) in [6, 6.07) is 6.32. The Balaban J connectivity index is 1.94. The SMILES string of the molecule is O=C(O)C1CCCN1C(=O)c1cc2ccc(Cl)cc2[nH]1. The summed E-state index contributed by atoms with van der Waals surface area (Å²) in [5.74, 6) is -1.22. The van der Waals surface area contributed by atoms with Gasteiger partial charge in [-0.05, 0) is 31.0 Å². The molecule has 1 fully saturated rings. The lowest BCUT2D eigenvalue weighted by atomic mass is 10.2. The molecule has 2 N–H and O–H groups in total. The van der Waals surface area contributed by atoms with Crippen molar-refractivity contribution in [3.63, 3.8) is 0 Å². The highest BCUT2D eigenvalue weighted by atomic mass is 35.5. The van der Waals surface area contributed by atoms with E-state index in [4.69, 9.17) is 16.7 Å². The fourth-order valence-electron chi connectivity index (χ4n) is 2.64. The smallest absolute Gasteiger partial charge is 0.326 e. The van der Waals surface area contributed by atoms with E-state index in [1.54, 1.807) is 18.2 Å². The number of nitrogens with zero attached hydrogens (tertiary/aromatic N) is 1. The van der Waals surface area contributed by atoms with Crippen molar-refractivity contribution in [3.8, 4) is 0 Å². The number of aromatic amines is 1. The summed E-state index contributed by atoms with van der Waals surface area (Å²) in [5.41, 5.74) is 1.17. The minimum absolute atomic E-state index is 0.276. The third kappa shape index (κ3) is 2.14. The van der Waals surface area contributed by atoms with Crippen LogP contribution in [0.5, 0.6) is 0 Å². The van der Waals surface area contributed by atoms with Gasteiger partial charge in [-0.1, -0.05) is 17.7 Å². The molecule has 1 saturated heterocycles. The number of hydrogen-bond acceptors (Lipinski definition) is 2. The standard InChI is InChI=1S/C14H13ClN2O3/c15-9-4-3-8-6-11(16-10(8)7-9)13(18)17-5-1-2-12(17)14(19)20/h3-4,6-7,12,16H,1-2,5H2,(H,19,20). The second-order valence-electron chi connectivity index (χ2n) is 4.91.